The maximum absolute atomic E-state index is 11.4. The highest BCUT2D eigenvalue weighted by atomic mass is 32.2. The lowest BCUT2D eigenvalue weighted by atomic mass is 9.83. The van der Waals surface area contributed by atoms with E-state index >= 15 is 0 Å². The van der Waals surface area contributed by atoms with E-state index in [-0.39, 0.29) is 23.9 Å². The second-order valence-corrected chi connectivity index (χ2v) is 5.01. The monoisotopic (exact) mass is 234 g/mol. The number of Topliss-reactive ketones (excluding diaryl/α,β-unsaturated/α-hetero) is 2. The highest BCUT2D eigenvalue weighted by Crippen LogP contribution is 2.30. The van der Waals surface area contributed by atoms with Crippen LogP contribution in [0.5, 0.6) is 0 Å². The molecule has 16 heavy (non-hydrogen) atoms. The largest absolute Gasteiger partial charge is 0.299 e. The SMILES string of the molecule is CSc1ccc(C2CC(=O)CC(=O)C2)cc1. The second-order valence-electron chi connectivity index (χ2n) is 4.13. The Balaban J connectivity index is 2.16. The third-order valence-corrected chi connectivity index (χ3v) is 3.67. The summed E-state index contributed by atoms with van der Waals surface area (Å²) in [5.74, 6) is 0.259. The van der Waals surface area contributed by atoms with Crippen LogP contribution < -0.4 is 0 Å². The zero-order valence-corrected chi connectivity index (χ0v) is 10.0. The van der Waals surface area contributed by atoms with Gasteiger partial charge >= 0.3 is 0 Å². The summed E-state index contributed by atoms with van der Waals surface area (Å²) in [6.07, 6.45) is 3.21. The Morgan fingerprint density at radius 3 is 2.12 bits per heavy atom. The first-order valence-corrected chi connectivity index (χ1v) is 6.59. The quantitative estimate of drug-likeness (QED) is 0.583. The van der Waals surface area contributed by atoms with Gasteiger partial charge in [-0.3, -0.25) is 9.59 Å². The Morgan fingerprint density at radius 2 is 1.62 bits per heavy atom. The number of rotatable bonds is 2. The van der Waals surface area contributed by atoms with Gasteiger partial charge in [0.05, 0.1) is 6.42 Å². The Morgan fingerprint density at radius 1 is 1.06 bits per heavy atom. The molecule has 1 saturated carbocycles. The van der Waals surface area contributed by atoms with E-state index in [1.165, 1.54) is 4.90 Å². The zero-order chi connectivity index (χ0) is 11.5. The lowest BCUT2D eigenvalue weighted by Crippen LogP contribution is -2.21. The molecule has 1 fully saturated rings. The van der Waals surface area contributed by atoms with Gasteiger partial charge in [0.25, 0.3) is 0 Å². The zero-order valence-electron chi connectivity index (χ0n) is 9.23. The van der Waals surface area contributed by atoms with E-state index < -0.39 is 0 Å². The van der Waals surface area contributed by atoms with E-state index in [1.54, 1.807) is 11.8 Å². The van der Waals surface area contributed by atoms with Crippen molar-refractivity contribution in [3.05, 3.63) is 29.8 Å². The van der Waals surface area contributed by atoms with Gasteiger partial charge in [0.2, 0.25) is 0 Å². The summed E-state index contributed by atoms with van der Waals surface area (Å²) in [5.41, 5.74) is 1.11. The highest BCUT2D eigenvalue weighted by Gasteiger charge is 2.26. The van der Waals surface area contributed by atoms with E-state index in [4.69, 9.17) is 0 Å². The van der Waals surface area contributed by atoms with E-state index in [9.17, 15) is 9.59 Å². The smallest absolute Gasteiger partial charge is 0.140 e. The Kier molecular flexibility index (Phi) is 3.44. The fraction of sp³-hybridized carbons (Fsp3) is 0.385. The lowest BCUT2D eigenvalue weighted by Gasteiger charge is -2.20. The summed E-state index contributed by atoms with van der Waals surface area (Å²) in [4.78, 5) is 23.9. The van der Waals surface area contributed by atoms with E-state index in [0.717, 1.165) is 5.56 Å². The summed E-state index contributed by atoms with van der Waals surface area (Å²) in [5, 5.41) is 0. The molecule has 1 aliphatic carbocycles. The molecule has 0 spiro atoms. The number of carbonyl (C=O) groups excluding carboxylic acids is 2. The van der Waals surface area contributed by atoms with Crippen LogP contribution in [0.4, 0.5) is 0 Å². The molecule has 2 rings (SSSR count). The van der Waals surface area contributed by atoms with Crippen LogP contribution in [0.1, 0.15) is 30.7 Å². The maximum atomic E-state index is 11.4. The van der Waals surface area contributed by atoms with Crippen LogP contribution in [0.15, 0.2) is 29.2 Å². The molecule has 0 bridgehead atoms. The molecule has 0 aliphatic heterocycles. The molecule has 0 atom stereocenters. The van der Waals surface area contributed by atoms with Crippen LogP contribution in [-0.4, -0.2) is 17.8 Å². The molecule has 3 heteroatoms. The van der Waals surface area contributed by atoms with Gasteiger partial charge in [-0.2, -0.15) is 0 Å². The van der Waals surface area contributed by atoms with E-state index in [2.05, 4.69) is 0 Å². The van der Waals surface area contributed by atoms with Crippen LogP contribution in [0, 0.1) is 0 Å². The van der Waals surface area contributed by atoms with Gasteiger partial charge in [0, 0.05) is 17.7 Å². The molecule has 0 heterocycles. The number of hydrogen-bond donors (Lipinski definition) is 0. The molecule has 0 radical (unpaired) electrons. The molecular weight excluding hydrogens is 220 g/mol. The average Bonchev–Trinajstić information content (AvgIpc) is 2.28. The lowest BCUT2D eigenvalue weighted by molar-refractivity contribution is -0.130. The van der Waals surface area contributed by atoms with Crippen molar-refractivity contribution in [1.29, 1.82) is 0 Å². The van der Waals surface area contributed by atoms with Crippen LogP contribution in [0.25, 0.3) is 0 Å². The van der Waals surface area contributed by atoms with Gasteiger partial charge in [-0.05, 0) is 29.9 Å². The summed E-state index contributed by atoms with van der Waals surface area (Å²) in [7, 11) is 0. The number of hydrogen-bond acceptors (Lipinski definition) is 3. The Labute approximate surface area is 99.4 Å². The first-order chi connectivity index (χ1) is 7.69. The first-order valence-electron chi connectivity index (χ1n) is 5.36. The minimum Gasteiger partial charge on any atom is -0.299 e. The maximum Gasteiger partial charge on any atom is 0.140 e. The summed E-state index contributed by atoms with van der Waals surface area (Å²) < 4.78 is 0. The predicted octanol–water partition coefficient (Wildman–Crippen LogP) is 2.81. The predicted molar refractivity (Wildman–Crippen MR) is 64.8 cm³/mol. The summed E-state index contributed by atoms with van der Waals surface area (Å²) >= 11 is 1.69. The number of thioether (sulfide) groups is 1. The molecule has 0 aromatic heterocycles. The standard InChI is InChI=1S/C13H14O2S/c1-16-13-4-2-9(3-5-13)10-6-11(14)8-12(15)7-10/h2-5,10H,6-8H2,1H3. The Hall–Kier alpha value is -1.09. The highest BCUT2D eigenvalue weighted by molar-refractivity contribution is 7.98. The molecule has 0 saturated heterocycles. The minimum atomic E-state index is 0.0789. The summed E-state index contributed by atoms with van der Waals surface area (Å²) in [6, 6.07) is 8.15. The van der Waals surface area contributed by atoms with E-state index in [0.29, 0.717) is 12.8 Å². The van der Waals surface area contributed by atoms with Crippen molar-refractivity contribution in [1.82, 2.24) is 0 Å². The van der Waals surface area contributed by atoms with E-state index in [1.807, 2.05) is 30.5 Å². The number of benzene rings is 1. The first kappa shape index (κ1) is 11.4. The molecule has 0 N–H and O–H groups in total. The third kappa shape index (κ3) is 2.53. The van der Waals surface area contributed by atoms with Gasteiger partial charge in [0.15, 0.2) is 0 Å². The van der Waals surface area contributed by atoms with Crippen molar-refractivity contribution >= 4 is 23.3 Å². The van der Waals surface area contributed by atoms with Gasteiger partial charge < -0.3 is 0 Å². The van der Waals surface area contributed by atoms with Crippen molar-refractivity contribution in [3.8, 4) is 0 Å². The van der Waals surface area contributed by atoms with Gasteiger partial charge in [-0.1, -0.05) is 12.1 Å². The van der Waals surface area contributed by atoms with Crippen LogP contribution in [0.3, 0.4) is 0 Å². The fourth-order valence-electron chi connectivity index (χ4n) is 2.10. The Bertz CT molecular complexity index is 392. The fourth-order valence-corrected chi connectivity index (χ4v) is 2.51. The van der Waals surface area contributed by atoms with Gasteiger partial charge in [-0.25, -0.2) is 0 Å². The van der Waals surface area contributed by atoms with Gasteiger partial charge in [0.1, 0.15) is 11.6 Å². The second kappa shape index (κ2) is 4.83. The summed E-state index contributed by atoms with van der Waals surface area (Å²) in [6.45, 7) is 0. The van der Waals surface area contributed by atoms with Crippen LogP contribution >= 0.6 is 11.8 Å². The molecule has 84 valence electrons. The van der Waals surface area contributed by atoms with Crippen LogP contribution in [0.2, 0.25) is 0 Å². The third-order valence-electron chi connectivity index (χ3n) is 2.93. The van der Waals surface area contributed by atoms with Crippen molar-refractivity contribution in [2.75, 3.05) is 6.26 Å². The molecule has 0 amide bonds. The van der Waals surface area contributed by atoms with Crippen LogP contribution in [-0.2, 0) is 9.59 Å². The molecule has 2 nitrogen and oxygen atoms in total. The van der Waals surface area contributed by atoms with Crippen molar-refractivity contribution in [2.24, 2.45) is 0 Å². The van der Waals surface area contributed by atoms with Crippen molar-refractivity contribution in [2.45, 2.75) is 30.1 Å². The van der Waals surface area contributed by atoms with Crippen molar-refractivity contribution < 1.29 is 9.59 Å². The minimum absolute atomic E-state index is 0.0789. The molecular formula is C13H14O2S. The molecule has 1 aromatic carbocycles. The van der Waals surface area contributed by atoms with Crippen molar-refractivity contribution in [3.63, 3.8) is 0 Å². The number of carbonyl (C=O) groups is 2. The molecule has 1 aliphatic rings. The average molecular weight is 234 g/mol. The normalized spacial score (nSPS) is 17.8. The topological polar surface area (TPSA) is 34.1 Å². The van der Waals surface area contributed by atoms with Gasteiger partial charge in [-0.15, -0.1) is 11.8 Å². The molecule has 1 aromatic rings. The number of ketones is 2. The molecule has 0 unspecified atom stereocenters.